The molecule has 0 radical (unpaired) electrons. The van der Waals surface area contributed by atoms with E-state index >= 15 is 0 Å². The SMILES string of the molecule is Cc1ccc(S(=O)(=O)OC[C@H]2O[C@@H](n3cc(C)c(=O)[nH]c3=O)C[C@@H]2N=[N+]=[N-])cc1. The second-order valence-electron chi connectivity index (χ2n) is 6.67. The van der Waals surface area contributed by atoms with Gasteiger partial charge in [-0.05, 0) is 31.5 Å². The average molecular weight is 421 g/mol. The van der Waals surface area contributed by atoms with Gasteiger partial charge in [0.1, 0.15) is 6.23 Å². The highest BCUT2D eigenvalue weighted by Crippen LogP contribution is 2.31. The van der Waals surface area contributed by atoms with Crippen LogP contribution < -0.4 is 11.2 Å². The zero-order valence-electron chi connectivity index (χ0n) is 15.7. The van der Waals surface area contributed by atoms with Gasteiger partial charge in [-0.25, -0.2) is 4.79 Å². The van der Waals surface area contributed by atoms with Gasteiger partial charge in [-0.15, -0.1) is 0 Å². The number of benzene rings is 1. The second-order valence-corrected chi connectivity index (χ2v) is 8.28. The summed E-state index contributed by atoms with van der Waals surface area (Å²) in [6.07, 6.45) is -0.279. The van der Waals surface area contributed by atoms with Crippen LogP contribution in [0.1, 0.15) is 23.8 Å². The molecule has 1 aliphatic heterocycles. The first-order chi connectivity index (χ1) is 13.7. The molecule has 1 saturated heterocycles. The summed E-state index contributed by atoms with van der Waals surface area (Å²) < 4.78 is 36.7. The minimum atomic E-state index is -4.04. The molecule has 3 atom stereocenters. The number of nitrogens with zero attached hydrogens (tertiary/aromatic N) is 4. The zero-order chi connectivity index (χ0) is 21.2. The van der Waals surface area contributed by atoms with Crippen LogP contribution in [-0.4, -0.2) is 36.7 Å². The lowest BCUT2D eigenvalue weighted by molar-refractivity contribution is -0.0214. The summed E-state index contributed by atoms with van der Waals surface area (Å²) in [6.45, 7) is 2.96. The van der Waals surface area contributed by atoms with E-state index in [1.54, 1.807) is 12.1 Å². The largest absolute Gasteiger partial charge is 0.352 e. The molecule has 1 aromatic heterocycles. The fourth-order valence-electron chi connectivity index (χ4n) is 2.95. The van der Waals surface area contributed by atoms with E-state index in [0.717, 1.165) is 5.56 Å². The molecule has 1 aromatic carbocycles. The van der Waals surface area contributed by atoms with Crippen LogP contribution >= 0.6 is 0 Å². The Labute approximate surface area is 165 Å². The summed E-state index contributed by atoms with van der Waals surface area (Å²) in [6, 6.07) is 5.39. The van der Waals surface area contributed by atoms with Crippen molar-refractivity contribution >= 4 is 10.1 Å². The van der Waals surface area contributed by atoms with Gasteiger partial charge in [0.15, 0.2) is 0 Å². The summed E-state index contributed by atoms with van der Waals surface area (Å²) in [4.78, 5) is 28.5. The number of aromatic amines is 1. The lowest BCUT2D eigenvalue weighted by Crippen LogP contribution is -2.33. The zero-order valence-corrected chi connectivity index (χ0v) is 16.5. The van der Waals surface area contributed by atoms with Gasteiger partial charge in [0.05, 0.1) is 23.6 Å². The van der Waals surface area contributed by atoms with Crippen molar-refractivity contribution in [1.29, 1.82) is 0 Å². The summed E-state index contributed by atoms with van der Waals surface area (Å²) in [5.41, 5.74) is 8.80. The van der Waals surface area contributed by atoms with E-state index in [1.165, 1.54) is 29.8 Å². The fourth-order valence-corrected chi connectivity index (χ4v) is 3.87. The normalized spacial score (nSPS) is 21.7. The summed E-state index contributed by atoms with van der Waals surface area (Å²) in [7, 11) is -4.04. The number of nitrogens with one attached hydrogen (secondary N) is 1. The van der Waals surface area contributed by atoms with Crippen LogP contribution in [0.25, 0.3) is 10.4 Å². The van der Waals surface area contributed by atoms with Gasteiger partial charge < -0.3 is 4.74 Å². The molecular weight excluding hydrogens is 402 g/mol. The number of aryl methyl sites for hydroxylation is 2. The number of hydrogen-bond acceptors (Lipinski definition) is 7. The highest BCUT2D eigenvalue weighted by atomic mass is 32.2. The number of azide groups is 1. The van der Waals surface area contributed by atoms with E-state index < -0.39 is 46.3 Å². The van der Waals surface area contributed by atoms with Crippen molar-refractivity contribution in [3.63, 3.8) is 0 Å². The summed E-state index contributed by atoms with van der Waals surface area (Å²) >= 11 is 0. The van der Waals surface area contributed by atoms with Crippen molar-refractivity contribution in [3.8, 4) is 0 Å². The molecule has 11 nitrogen and oxygen atoms in total. The fraction of sp³-hybridized carbons (Fsp3) is 0.412. The molecule has 0 aliphatic carbocycles. The Hall–Kier alpha value is -2.92. The van der Waals surface area contributed by atoms with E-state index in [0.29, 0.717) is 5.56 Å². The van der Waals surface area contributed by atoms with Crippen LogP contribution in [0.15, 0.2) is 50.1 Å². The molecule has 12 heteroatoms. The molecule has 2 aromatic rings. The third kappa shape index (κ3) is 4.57. The van der Waals surface area contributed by atoms with Crippen LogP contribution in [0, 0.1) is 13.8 Å². The molecular formula is C17H19N5O6S. The first kappa shape index (κ1) is 20.8. The van der Waals surface area contributed by atoms with E-state index in [2.05, 4.69) is 15.0 Å². The molecule has 0 saturated carbocycles. The monoisotopic (exact) mass is 421 g/mol. The molecule has 29 heavy (non-hydrogen) atoms. The van der Waals surface area contributed by atoms with Gasteiger partial charge in [0.25, 0.3) is 15.7 Å². The average Bonchev–Trinajstić information content (AvgIpc) is 3.06. The molecule has 1 N–H and O–H groups in total. The molecule has 0 unspecified atom stereocenters. The van der Waals surface area contributed by atoms with Crippen molar-refractivity contribution in [1.82, 2.24) is 9.55 Å². The number of rotatable bonds is 6. The minimum Gasteiger partial charge on any atom is -0.352 e. The van der Waals surface area contributed by atoms with Crippen molar-refractivity contribution in [2.75, 3.05) is 6.61 Å². The van der Waals surface area contributed by atoms with Crippen molar-refractivity contribution in [2.45, 2.75) is 43.5 Å². The van der Waals surface area contributed by atoms with Crippen LogP contribution in [0.3, 0.4) is 0 Å². The number of hydrogen-bond donors (Lipinski definition) is 1. The first-order valence-corrected chi connectivity index (χ1v) is 10.1. The minimum absolute atomic E-state index is 0.00883. The van der Waals surface area contributed by atoms with Crippen molar-refractivity contribution < 1.29 is 17.3 Å². The molecule has 0 amide bonds. The molecule has 3 rings (SSSR count). The van der Waals surface area contributed by atoms with E-state index in [4.69, 9.17) is 14.5 Å². The number of ether oxygens (including phenoxy) is 1. The molecule has 154 valence electrons. The van der Waals surface area contributed by atoms with Gasteiger partial charge in [0.2, 0.25) is 0 Å². The highest BCUT2D eigenvalue weighted by molar-refractivity contribution is 7.86. The van der Waals surface area contributed by atoms with E-state index in [9.17, 15) is 18.0 Å². The van der Waals surface area contributed by atoms with Crippen molar-refractivity contribution in [2.24, 2.45) is 5.11 Å². The van der Waals surface area contributed by atoms with Gasteiger partial charge in [-0.1, -0.05) is 22.8 Å². The Balaban J connectivity index is 1.79. The van der Waals surface area contributed by atoms with Crippen molar-refractivity contribution in [3.05, 3.63) is 72.9 Å². The third-order valence-electron chi connectivity index (χ3n) is 4.56. The van der Waals surface area contributed by atoms with E-state index in [1.807, 2.05) is 6.92 Å². The second kappa shape index (κ2) is 8.21. The van der Waals surface area contributed by atoms with E-state index in [-0.39, 0.29) is 11.3 Å². The Morgan fingerprint density at radius 3 is 2.66 bits per heavy atom. The predicted octanol–water partition coefficient (Wildman–Crippen LogP) is 1.53. The molecule has 0 bridgehead atoms. The Bertz CT molecular complexity index is 1160. The van der Waals surface area contributed by atoms with Crippen LogP contribution in [0.5, 0.6) is 0 Å². The Kier molecular flexibility index (Phi) is 5.89. The molecule has 1 aliphatic rings. The number of aromatic nitrogens is 2. The maximum absolute atomic E-state index is 12.4. The lowest BCUT2D eigenvalue weighted by atomic mass is 10.1. The maximum atomic E-state index is 12.4. The smallest absolute Gasteiger partial charge is 0.330 e. The van der Waals surface area contributed by atoms with Crippen LogP contribution in [0.4, 0.5) is 0 Å². The van der Waals surface area contributed by atoms with Gasteiger partial charge in [-0.3, -0.25) is 18.5 Å². The maximum Gasteiger partial charge on any atom is 0.330 e. The Morgan fingerprint density at radius 1 is 1.31 bits per heavy atom. The molecule has 0 spiro atoms. The molecule has 1 fully saturated rings. The van der Waals surface area contributed by atoms with Crippen LogP contribution in [-0.2, 0) is 19.0 Å². The third-order valence-corrected chi connectivity index (χ3v) is 5.85. The van der Waals surface area contributed by atoms with Gasteiger partial charge >= 0.3 is 5.69 Å². The predicted molar refractivity (Wildman–Crippen MR) is 102 cm³/mol. The van der Waals surface area contributed by atoms with Gasteiger partial charge in [-0.2, -0.15) is 8.42 Å². The number of H-pyrrole nitrogens is 1. The highest BCUT2D eigenvalue weighted by Gasteiger charge is 2.37. The lowest BCUT2D eigenvalue weighted by Gasteiger charge is -2.16. The van der Waals surface area contributed by atoms with Crippen LogP contribution in [0.2, 0.25) is 0 Å². The molecule has 2 heterocycles. The topological polar surface area (TPSA) is 156 Å². The quantitative estimate of drug-likeness (QED) is 0.322. The first-order valence-electron chi connectivity index (χ1n) is 8.69. The standard InChI is InChI=1S/C17H19N5O6S/c1-10-3-5-12(6-4-10)29(25,26)27-9-14-13(20-21-18)7-15(28-14)22-8-11(2)16(23)19-17(22)24/h3-6,8,13-15H,7,9H2,1-2H3,(H,19,23,24)/t13-,14+,15+/m0/s1. The summed E-state index contributed by atoms with van der Waals surface area (Å²) in [5, 5.41) is 3.63. The van der Waals surface area contributed by atoms with Gasteiger partial charge in [0, 0.05) is 23.1 Å². The summed E-state index contributed by atoms with van der Waals surface area (Å²) in [5.74, 6) is 0. The Morgan fingerprint density at radius 2 is 2.00 bits per heavy atom.